The van der Waals surface area contributed by atoms with Crippen LogP contribution in [0.15, 0.2) is 18.2 Å². The van der Waals surface area contributed by atoms with Crippen LogP contribution in [0.25, 0.3) is 0 Å². The van der Waals surface area contributed by atoms with E-state index >= 15 is 0 Å². The summed E-state index contributed by atoms with van der Waals surface area (Å²) in [5.41, 5.74) is 0.876. The summed E-state index contributed by atoms with van der Waals surface area (Å²) in [6.45, 7) is 3.95. The first kappa shape index (κ1) is 14.0. The van der Waals surface area contributed by atoms with Gasteiger partial charge in [-0.05, 0) is 24.6 Å². The van der Waals surface area contributed by atoms with Crippen molar-refractivity contribution in [2.75, 3.05) is 19.8 Å². The molecule has 1 aromatic rings. The number of halogens is 1. The van der Waals surface area contributed by atoms with E-state index in [1.165, 1.54) is 6.07 Å². The van der Waals surface area contributed by atoms with Gasteiger partial charge in [0.2, 0.25) is 0 Å². The van der Waals surface area contributed by atoms with E-state index in [4.69, 9.17) is 26.2 Å². The first-order chi connectivity index (χ1) is 8.15. The number of carbonyl (C=O) groups is 1. The minimum Gasteiger partial charge on any atom is -0.478 e. The molecule has 0 radical (unpaired) electrons. The van der Waals surface area contributed by atoms with Crippen molar-refractivity contribution in [1.29, 1.82) is 0 Å². The Morgan fingerprint density at radius 2 is 2.06 bits per heavy atom. The van der Waals surface area contributed by atoms with Gasteiger partial charge in [-0.2, -0.15) is 0 Å². The van der Waals surface area contributed by atoms with E-state index in [1.54, 1.807) is 12.1 Å². The molecule has 0 spiro atoms. The van der Waals surface area contributed by atoms with Gasteiger partial charge in [-0.15, -0.1) is 0 Å². The minimum absolute atomic E-state index is 0.0950. The Labute approximate surface area is 105 Å². The van der Waals surface area contributed by atoms with E-state index in [1.807, 2.05) is 6.92 Å². The largest absolute Gasteiger partial charge is 0.478 e. The number of aromatic carboxylic acids is 1. The number of benzene rings is 1. The molecule has 94 valence electrons. The van der Waals surface area contributed by atoms with Gasteiger partial charge in [-0.25, -0.2) is 4.79 Å². The summed E-state index contributed by atoms with van der Waals surface area (Å²) in [6.07, 6.45) is 0. The van der Waals surface area contributed by atoms with Crippen LogP contribution in [0.5, 0.6) is 0 Å². The number of hydrogen-bond acceptors (Lipinski definition) is 3. The van der Waals surface area contributed by atoms with Crippen molar-refractivity contribution in [1.82, 2.24) is 0 Å². The monoisotopic (exact) mass is 258 g/mol. The number of rotatable bonds is 7. The van der Waals surface area contributed by atoms with E-state index in [-0.39, 0.29) is 10.6 Å². The van der Waals surface area contributed by atoms with Crippen molar-refractivity contribution in [3.05, 3.63) is 34.3 Å². The molecule has 0 unspecified atom stereocenters. The van der Waals surface area contributed by atoms with Crippen LogP contribution in [-0.4, -0.2) is 30.9 Å². The maximum absolute atomic E-state index is 10.8. The van der Waals surface area contributed by atoms with Crippen LogP contribution in [0.1, 0.15) is 22.8 Å². The van der Waals surface area contributed by atoms with Gasteiger partial charge in [-0.3, -0.25) is 0 Å². The van der Waals surface area contributed by atoms with Gasteiger partial charge in [0, 0.05) is 6.61 Å². The van der Waals surface area contributed by atoms with E-state index < -0.39 is 5.97 Å². The van der Waals surface area contributed by atoms with Crippen molar-refractivity contribution >= 4 is 17.6 Å². The number of ether oxygens (including phenoxy) is 2. The molecule has 1 N–H and O–H groups in total. The average Bonchev–Trinajstić information content (AvgIpc) is 2.30. The van der Waals surface area contributed by atoms with Crippen LogP contribution in [0.2, 0.25) is 5.02 Å². The van der Waals surface area contributed by atoms with Gasteiger partial charge in [0.25, 0.3) is 0 Å². The molecule has 0 saturated carbocycles. The van der Waals surface area contributed by atoms with E-state index in [2.05, 4.69) is 0 Å². The Kier molecular flexibility index (Phi) is 5.97. The van der Waals surface area contributed by atoms with E-state index in [0.717, 1.165) is 5.56 Å². The number of hydrogen-bond donors (Lipinski definition) is 1. The van der Waals surface area contributed by atoms with Crippen LogP contribution in [0, 0.1) is 0 Å². The molecule has 1 rings (SSSR count). The van der Waals surface area contributed by atoms with Gasteiger partial charge < -0.3 is 14.6 Å². The zero-order chi connectivity index (χ0) is 12.7. The molecule has 0 bridgehead atoms. The molecule has 0 saturated heterocycles. The quantitative estimate of drug-likeness (QED) is 0.764. The Balaban J connectivity index is 2.49. The fourth-order valence-corrected chi connectivity index (χ4v) is 1.48. The van der Waals surface area contributed by atoms with Gasteiger partial charge in [0.05, 0.1) is 30.4 Å². The zero-order valence-corrected chi connectivity index (χ0v) is 10.4. The molecule has 5 heteroatoms. The first-order valence-electron chi connectivity index (χ1n) is 5.32. The number of carboxylic acids is 1. The Morgan fingerprint density at radius 1 is 1.35 bits per heavy atom. The second-order valence-corrected chi connectivity index (χ2v) is 3.78. The van der Waals surface area contributed by atoms with Crippen molar-refractivity contribution in [2.24, 2.45) is 0 Å². The fourth-order valence-electron chi connectivity index (χ4n) is 1.28. The summed E-state index contributed by atoms with van der Waals surface area (Å²) in [5.74, 6) is -1.04. The predicted octanol–water partition coefficient (Wildman–Crippen LogP) is 2.59. The highest BCUT2D eigenvalue weighted by Gasteiger charge is 2.09. The van der Waals surface area contributed by atoms with Crippen molar-refractivity contribution < 1.29 is 19.4 Å². The summed E-state index contributed by atoms with van der Waals surface area (Å²) >= 11 is 5.75. The molecule has 0 aromatic heterocycles. The normalized spacial score (nSPS) is 10.5. The topological polar surface area (TPSA) is 55.8 Å². The third-order valence-corrected chi connectivity index (χ3v) is 2.44. The summed E-state index contributed by atoms with van der Waals surface area (Å²) in [4.78, 5) is 10.8. The second kappa shape index (κ2) is 7.27. The SMILES string of the molecule is CCOCCOCc1ccc(Cl)c(C(=O)O)c1. The van der Waals surface area contributed by atoms with Gasteiger partial charge in [0.15, 0.2) is 0 Å². The molecule has 0 atom stereocenters. The van der Waals surface area contributed by atoms with Crippen LogP contribution >= 0.6 is 11.6 Å². The lowest BCUT2D eigenvalue weighted by molar-refractivity contribution is 0.0452. The van der Waals surface area contributed by atoms with Crippen LogP contribution in [0.3, 0.4) is 0 Å². The molecule has 0 heterocycles. The minimum atomic E-state index is -1.04. The van der Waals surface area contributed by atoms with Gasteiger partial charge in [0.1, 0.15) is 0 Å². The summed E-state index contributed by atoms with van der Waals surface area (Å²) < 4.78 is 10.4. The van der Waals surface area contributed by atoms with Crippen LogP contribution in [0.4, 0.5) is 0 Å². The maximum atomic E-state index is 10.8. The third-order valence-electron chi connectivity index (χ3n) is 2.11. The van der Waals surface area contributed by atoms with Gasteiger partial charge >= 0.3 is 5.97 Å². The lowest BCUT2D eigenvalue weighted by atomic mass is 10.1. The van der Waals surface area contributed by atoms with Gasteiger partial charge in [-0.1, -0.05) is 17.7 Å². The molecule has 0 amide bonds. The van der Waals surface area contributed by atoms with E-state index in [0.29, 0.717) is 26.4 Å². The second-order valence-electron chi connectivity index (χ2n) is 3.37. The molecule has 4 nitrogen and oxygen atoms in total. The molecule has 17 heavy (non-hydrogen) atoms. The average molecular weight is 259 g/mol. The van der Waals surface area contributed by atoms with Crippen LogP contribution < -0.4 is 0 Å². The summed E-state index contributed by atoms with van der Waals surface area (Å²) in [6, 6.07) is 4.83. The van der Waals surface area contributed by atoms with Crippen molar-refractivity contribution in [3.8, 4) is 0 Å². The summed E-state index contributed by atoms with van der Waals surface area (Å²) in [7, 11) is 0. The zero-order valence-electron chi connectivity index (χ0n) is 9.61. The highest BCUT2D eigenvalue weighted by molar-refractivity contribution is 6.33. The smallest absolute Gasteiger partial charge is 0.337 e. The molecule has 0 aliphatic carbocycles. The molecular formula is C12H15ClO4. The standard InChI is InChI=1S/C12H15ClO4/c1-2-16-5-6-17-8-9-3-4-11(13)10(7-9)12(14)15/h3-4,7H,2,5-6,8H2,1H3,(H,14,15). The highest BCUT2D eigenvalue weighted by atomic mass is 35.5. The molecule has 0 fully saturated rings. The third kappa shape index (κ3) is 4.73. The highest BCUT2D eigenvalue weighted by Crippen LogP contribution is 2.18. The molecular weight excluding hydrogens is 244 g/mol. The first-order valence-corrected chi connectivity index (χ1v) is 5.70. The Bertz CT molecular complexity index is 379. The van der Waals surface area contributed by atoms with Crippen molar-refractivity contribution in [3.63, 3.8) is 0 Å². The molecule has 0 aliphatic rings. The van der Waals surface area contributed by atoms with Crippen molar-refractivity contribution in [2.45, 2.75) is 13.5 Å². The summed E-state index contributed by atoms with van der Waals surface area (Å²) in [5, 5.41) is 9.12. The predicted molar refractivity (Wildman–Crippen MR) is 64.6 cm³/mol. The molecule has 0 aliphatic heterocycles. The Hall–Kier alpha value is -1.10. The van der Waals surface area contributed by atoms with E-state index in [9.17, 15) is 4.79 Å². The molecule has 1 aromatic carbocycles. The fraction of sp³-hybridized carbons (Fsp3) is 0.417. The Morgan fingerprint density at radius 3 is 2.71 bits per heavy atom. The number of carboxylic acid groups (broad SMARTS) is 1. The lowest BCUT2D eigenvalue weighted by Crippen LogP contribution is -2.05. The van der Waals surface area contributed by atoms with Crippen LogP contribution in [-0.2, 0) is 16.1 Å². The maximum Gasteiger partial charge on any atom is 0.337 e. The lowest BCUT2D eigenvalue weighted by Gasteiger charge is -2.06.